The van der Waals surface area contributed by atoms with Gasteiger partial charge in [-0.2, -0.15) is 0 Å². The van der Waals surface area contributed by atoms with Crippen LogP contribution in [0.4, 0.5) is 5.69 Å². The van der Waals surface area contributed by atoms with Gasteiger partial charge in [0.25, 0.3) is 5.91 Å². The first kappa shape index (κ1) is 14.1. The second-order valence-corrected chi connectivity index (χ2v) is 6.18. The fraction of sp³-hybridized carbons (Fsp3) is 0.235. The quantitative estimate of drug-likeness (QED) is 0.846. The van der Waals surface area contributed by atoms with Crippen molar-refractivity contribution >= 4 is 27.5 Å². The number of halogens is 1. The molecular weight excluding hydrogens is 330 g/mol. The Morgan fingerprint density at radius 1 is 1.29 bits per heavy atom. The van der Waals surface area contributed by atoms with Crippen LogP contribution in [0.1, 0.15) is 27.9 Å². The fourth-order valence-corrected chi connectivity index (χ4v) is 3.20. The van der Waals surface area contributed by atoms with Gasteiger partial charge in [-0.3, -0.25) is 4.79 Å². The average molecular weight is 346 g/mol. The summed E-state index contributed by atoms with van der Waals surface area (Å²) in [4.78, 5) is 14.6. The number of carbonyl (C=O) groups is 1. The van der Waals surface area contributed by atoms with Gasteiger partial charge in [0.15, 0.2) is 0 Å². The normalized spacial score (nSPS) is 13.9. The van der Waals surface area contributed by atoms with Gasteiger partial charge in [0, 0.05) is 11.0 Å². The Kier molecular flexibility index (Phi) is 3.72. The SMILES string of the molecule is Cc1ccc(Br)c(C(=O)N2CCCc3cccc(O)c32)c1. The van der Waals surface area contributed by atoms with Crippen LogP contribution in [-0.2, 0) is 6.42 Å². The lowest BCUT2D eigenvalue weighted by molar-refractivity contribution is 0.0983. The number of para-hydroxylation sites is 1. The first-order chi connectivity index (χ1) is 10.1. The summed E-state index contributed by atoms with van der Waals surface area (Å²) in [6, 6.07) is 11.2. The van der Waals surface area contributed by atoms with E-state index in [2.05, 4.69) is 15.9 Å². The van der Waals surface area contributed by atoms with Gasteiger partial charge >= 0.3 is 0 Å². The molecule has 2 aromatic rings. The van der Waals surface area contributed by atoms with Crippen LogP contribution in [0.2, 0.25) is 0 Å². The van der Waals surface area contributed by atoms with Crippen LogP contribution in [0.3, 0.4) is 0 Å². The second kappa shape index (κ2) is 5.53. The van der Waals surface area contributed by atoms with Crippen molar-refractivity contribution in [2.75, 3.05) is 11.4 Å². The molecule has 0 spiro atoms. The number of aromatic hydroxyl groups is 1. The third-order valence-electron chi connectivity index (χ3n) is 3.79. The highest BCUT2D eigenvalue weighted by atomic mass is 79.9. The minimum absolute atomic E-state index is 0.0759. The van der Waals surface area contributed by atoms with Gasteiger partial charge < -0.3 is 10.0 Å². The predicted molar refractivity (Wildman–Crippen MR) is 87.0 cm³/mol. The Labute approximate surface area is 132 Å². The number of benzene rings is 2. The monoisotopic (exact) mass is 345 g/mol. The smallest absolute Gasteiger partial charge is 0.259 e. The minimum Gasteiger partial charge on any atom is -0.506 e. The van der Waals surface area contributed by atoms with Gasteiger partial charge in [0.05, 0.1) is 11.3 Å². The van der Waals surface area contributed by atoms with Gasteiger partial charge in [0.1, 0.15) is 5.75 Å². The van der Waals surface area contributed by atoms with Crippen molar-refractivity contribution in [3.05, 3.63) is 57.6 Å². The van der Waals surface area contributed by atoms with E-state index in [4.69, 9.17) is 0 Å². The maximum Gasteiger partial charge on any atom is 0.259 e. The van der Waals surface area contributed by atoms with E-state index >= 15 is 0 Å². The predicted octanol–water partition coefficient (Wildman–Crippen LogP) is 4.06. The third kappa shape index (κ3) is 2.56. The van der Waals surface area contributed by atoms with Gasteiger partial charge in [0.2, 0.25) is 0 Å². The second-order valence-electron chi connectivity index (χ2n) is 5.33. The molecule has 1 aliphatic rings. The third-order valence-corrected chi connectivity index (χ3v) is 4.48. The van der Waals surface area contributed by atoms with Crippen molar-refractivity contribution in [2.45, 2.75) is 19.8 Å². The van der Waals surface area contributed by atoms with Crippen molar-refractivity contribution in [1.29, 1.82) is 0 Å². The van der Waals surface area contributed by atoms with Crippen molar-refractivity contribution in [2.24, 2.45) is 0 Å². The number of anilines is 1. The molecule has 1 aliphatic heterocycles. The van der Waals surface area contributed by atoms with Crippen molar-refractivity contribution in [3.8, 4) is 5.75 Å². The highest BCUT2D eigenvalue weighted by Gasteiger charge is 2.27. The largest absolute Gasteiger partial charge is 0.506 e. The Morgan fingerprint density at radius 3 is 2.90 bits per heavy atom. The molecule has 0 bridgehead atoms. The molecule has 3 rings (SSSR count). The number of rotatable bonds is 1. The number of phenols is 1. The molecule has 0 unspecified atom stereocenters. The summed E-state index contributed by atoms with van der Waals surface area (Å²) in [5, 5.41) is 10.1. The zero-order valence-corrected chi connectivity index (χ0v) is 13.4. The molecular formula is C17H16BrNO2. The molecule has 3 nitrogen and oxygen atoms in total. The molecule has 21 heavy (non-hydrogen) atoms. The van der Waals surface area contributed by atoms with Crippen LogP contribution in [-0.4, -0.2) is 17.6 Å². The van der Waals surface area contributed by atoms with Crippen molar-refractivity contribution in [1.82, 2.24) is 0 Å². The number of hydrogen-bond acceptors (Lipinski definition) is 2. The van der Waals surface area contributed by atoms with Crippen molar-refractivity contribution in [3.63, 3.8) is 0 Å². The summed E-state index contributed by atoms with van der Waals surface area (Å²) in [6.45, 7) is 2.59. The Morgan fingerprint density at radius 2 is 2.10 bits per heavy atom. The molecule has 0 fully saturated rings. The number of phenolic OH excluding ortho intramolecular Hbond substituents is 1. The Bertz CT molecular complexity index is 712. The number of aryl methyl sites for hydroxylation is 2. The summed E-state index contributed by atoms with van der Waals surface area (Å²) in [5.41, 5.74) is 3.35. The molecule has 4 heteroatoms. The average Bonchev–Trinajstić information content (AvgIpc) is 2.49. The molecule has 0 radical (unpaired) electrons. The molecule has 0 aliphatic carbocycles. The minimum atomic E-state index is -0.0759. The topological polar surface area (TPSA) is 40.5 Å². The lowest BCUT2D eigenvalue weighted by Gasteiger charge is -2.30. The highest BCUT2D eigenvalue weighted by Crippen LogP contribution is 2.36. The van der Waals surface area contributed by atoms with Crippen LogP contribution in [0.25, 0.3) is 0 Å². The van der Waals surface area contributed by atoms with E-state index in [1.54, 1.807) is 11.0 Å². The van der Waals surface area contributed by atoms with Gasteiger partial charge in [-0.05, 0) is 59.5 Å². The molecule has 1 amide bonds. The van der Waals surface area contributed by atoms with E-state index in [-0.39, 0.29) is 11.7 Å². The summed E-state index contributed by atoms with van der Waals surface area (Å²) >= 11 is 3.45. The van der Waals surface area contributed by atoms with Crippen LogP contribution < -0.4 is 4.90 Å². The molecule has 0 atom stereocenters. The Balaban J connectivity index is 2.06. The molecule has 0 aromatic heterocycles. The first-order valence-electron chi connectivity index (χ1n) is 6.97. The van der Waals surface area contributed by atoms with E-state index in [9.17, 15) is 9.90 Å². The number of nitrogens with zero attached hydrogens (tertiary/aromatic N) is 1. The molecule has 1 N–H and O–H groups in total. The zero-order valence-electron chi connectivity index (χ0n) is 11.8. The van der Waals surface area contributed by atoms with Gasteiger partial charge in [-0.25, -0.2) is 0 Å². The van der Waals surface area contributed by atoms with Crippen LogP contribution >= 0.6 is 15.9 Å². The zero-order chi connectivity index (χ0) is 15.0. The Hall–Kier alpha value is -1.81. The summed E-state index contributed by atoms with van der Waals surface area (Å²) < 4.78 is 0.778. The highest BCUT2D eigenvalue weighted by molar-refractivity contribution is 9.10. The maximum atomic E-state index is 12.9. The summed E-state index contributed by atoms with van der Waals surface area (Å²) in [7, 11) is 0. The van der Waals surface area contributed by atoms with E-state index in [0.29, 0.717) is 17.8 Å². The van der Waals surface area contributed by atoms with E-state index in [1.165, 1.54) is 0 Å². The van der Waals surface area contributed by atoms with Gasteiger partial charge in [-0.1, -0.05) is 23.8 Å². The standard InChI is InChI=1S/C17H16BrNO2/c1-11-7-8-14(18)13(10-11)17(21)19-9-3-5-12-4-2-6-15(20)16(12)19/h2,4,6-8,10,20H,3,5,9H2,1H3. The van der Waals surface area contributed by atoms with Gasteiger partial charge in [-0.15, -0.1) is 0 Å². The fourth-order valence-electron chi connectivity index (χ4n) is 2.78. The number of fused-ring (bicyclic) bond motifs is 1. The molecule has 0 saturated carbocycles. The van der Waals surface area contributed by atoms with E-state index in [1.807, 2.05) is 37.3 Å². The van der Waals surface area contributed by atoms with Crippen LogP contribution in [0, 0.1) is 6.92 Å². The van der Waals surface area contributed by atoms with Crippen LogP contribution in [0.5, 0.6) is 5.75 Å². The summed E-state index contributed by atoms with van der Waals surface area (Å²) in [5.74, 6) is 0.0948. The van der Waals surface area contributed by atoms with E-state index < -0.39 is 0 Å². The number of amides is 1. The molecule has 108 valence electrons. The summed E-state index contributed by atoms with van der Waals surface area (Å²) in [6.07, 6.45) is 1.80. The molecule has 2 aromatic carbocycles. The molecule has 0 saturated heterocycles. The lowest BCUT2D eigenvalue weighted by Crippen LogP contribution is -2.35. The van der Waals surface area contributed by atoms with E-state index in [0.717, 1.165) is 28.4 Å². The lowest BCUT2D eigenvalue weighted by atomic mass is 9.99. The van der Waals surface area contributed by atoms with Crippen LogP contribution in [0.15, 0.2) is 40.9 Å². The first-order valence-corrected chi connectivity index (χ1v) is 7.76. The van der Waals surface area contributed by atoms with Crippen molar-refractivity contribution < 1.29 is 9.90 Å². The number of hydrogen-bond donors (Lipinski definition) is 1. The molecule has 1 heterocycles. The maximum absolute atomic E-state index is 12.9. The number of carbonyl (C=O) groups excluding carboxylic acids is 1.